The normalized spacial score (nSPS) is 21.5. The zero-order valence-electron chi connectivity index (χ0n) is 15.4. The van der Waals surface area contributed by atoms with Crippen molar-refractivity contribution in [2.45, 2.75) is 31.7 Å². The molecular weight excluding hydrogens is 415 g/mol. The molecule has 1 heterocycles. The van der Waals surface area contributed by atoms with Crippen molar-refractivity contribution in [3.63, 3.8) is 0 Å². The molecule has 30 heavy (non-hydrogen) atoms. The lowest BCUT2D eigenvalue weighted by Crippen LogP contribution is -2.13. The van der Waals surface area contributed by atoms with Crippen LogP contribution in [0, 0.1) is 5.92 Å². The van der Waals surface area contributed by atoms with Crippen LogP contribution in [0.25, 0.3) is 0 Å². The second kappa shape index (κ2) is 7.33. The summed E-state index contributed by atoms with van der Waals surface area (Å²) in [6.07, 6.45) is -5.06. The monoisotopic (exact) mass is 430 g/mol. The third-order valence-electron chi connectivity index (χ3n) is 4.83. The van der Waals surface area contributed by atoms with E-state index in [-0.39, 0.29) is 42.0 Å². The molecule has 5 nitrogen and oxygen atoms in total. The van der Waals surface area contributed by atoms with E-state index in [1.165, 1.54) is 12.1 Å². The first-order chi connectivity index (χ1) is 14.2. The fraction of sp³-hybridized carbons (Fsp3) is 0.350. The maximum atomic E-state index is 12.9. The first-order valence-corrected chi connectivity index (χ1v) is 9.00. The van der Waals surface area contributed by atoms with Gasteiger partial charge in [0.05, 0.1) is 12.2 Å². The van der Waals surface area contributed by atoms with Crippen molar-refractivity contribution in [1.82, 2.24) is 0 Å². The molecule has 1 aliphatic carbocycles. The van der Waals surface area contributed by atoms with E-state index in [1.54, 1.807) is 13.0 Å². The summed E-state index contributed by atoms with van der Waals surface area (Å²) in [6.45, 7) is -1.35. The van der Waals surface area contributed by atoms with E-state index in [0.29, 0.717) is 17.9 Å². The molecule has 0 spiro atoms. The molecule has 1 unspecified atom stereocenters. The van der Waals surface area contributed by atoms with Crippen molar-refractivity contribution in [3.05, 3.63) is 47.5 Å². The molecule has 10 heteroatoms. The van der Waals surface area contributed by atoms with E-state index >= 15 is 0 Å². The molecule has 3 atom stereocenters. The van der Waals surface area contributed by atoms with Gasteiger partial charge in [-0.1, -0.05) is 6.07 Å². The fourth-order valence-electron chi connectivity index (χ4n) is 3.51. The summed E-state index contributed by atoms with van der Waals surface area (Å²) >= 11 is 0. The largest absolute Gasteiger partial charge is 0.488 e. The minimum atomic E-state index is -4.73. The number of rotatable bonds is 6. The average Bonchev–Trinajstić information content (AvgIpc) is 3.24. The van der Waals surface area contributed by atoms with Gasteiger partial charge in [-0.2, -0.15) is 22.0 Å². The van der Waals surface area contributed by atoms with Crippen molar-refractivity contribution < 1.29 is 45.7 Å². The Morgan fingerprint density at radius 3 is 2.57 bits per heavy atom. The molecule has 0 aromatic heterocycles. The van der Waals surface area contributed by atoms with Gasteiger partial charge in [-0.3, -0.25) is 4.79 Å². The number of alkyl halides is 5. The number of fused-ring (bicyclic) bond motifs is 3. The maximum Gasteiger partial charge on any atom is 0.416 e. The van der Waals surface area contributed by atoms with Gasteiger partial charge in [-0.05, 0) is 31.2 Å². The zero-order chi connectivity index (χ0) is 21.6. The van der Waals surface area contributed by atoms with Gasteiger partial charge < -0.3 is 18.9 Å². The Hall–Kier alpha value is -3.04. The van der Waals surface area contributed by atoms with Crippen LogP contribution in [0.15, 0.2) is 36.4 Å². The Bertz CT molecular complexity index is 975. The van der Waals surface area contributed by atoms with Crippen LogP contribution in [0.5, 0.6) is 23.0 Å². The van der Waals surface area contributed by atoms with Crippen molar-refractivity contribution in [2.24, 2.45) is 5.92 Å². The number of esters is 1. The number of hydrogen-bond acceptors (Lipinski definition) is 5. The number of halogens is 5. The summed E-state index contributed by atoms with van der Waals surface area (Å²) in [5.41, 5.74) is -0.366. The van der Waals surface area contributed by atoms with Crippen LogP contribution in [0.1, 0.15) is 24.0 Å². The van der Waals surface area contributed by atoms with Crippen LogP contribution >= 0.6 is 0 Å². The molecule has 1 aliphatic heterocycles. The number of benzene rings is 2. The molecule has 0 bridgehead atoms. The minimum Gasteiger partial charge on any atom is -0.488 e. The van der Waals surface area contributed by atoms with Crippen LogP contribution < -0.4 is 14.2 Å². The molecular formula is C20H15F5O5. The average molecular weight is 430 g/mol. The van der Waals surface area contributed by atoms with Crippen LogP contribution in [0.3, 0.4) is 0 Å². The number of ether oxygens (including phenoxy) is 4. The van der Waals surface area contributed by atoms with E-state index in [9.17, 15) is 26.7 Å². The molecule has 160 valence electrons. The van der Waals surface area contributed by atoms with Gasteiger partial charge >= 0.3 is 18.8 Å². The summed E-state index contributed by atoms with van der Waals surface area (Å²) in [6, 6.07) is 6.71. The highest BCUT2D eigenvalue weighted by molar-refractivity contribution is 5.80. The van der Waals surface area contributed by atoms with Gasteiger partial charge in [0, 0.05) is 17.5 Å². The second-order valence-corrected chi connectivity index (χ2v) is 6.73. The van der Waals surface area contributed by atoms with E-state index in [1.807, 2.05) is 0 Å². The van der Waals surface area contributed by atoms with Crippen molar-refractivity contribution in [3.8, 4) is 23.0 Å². The van der Waals surface area contributed by atoms with Gasteiger partial charge in [-0.15, -0.1) is 0 Å². The summed E-state index contributed by atoms with van der Waals surface area (Å²) in [5.74, 6) is -1.28. The zero-order valence-corrected chi connectivity index (χ0v) is 15.4. The first-order valence-electron chi connectivity index (χ1n) is 9.00. The SMILES string of the molecule is CCOC(=O)[C@@H]1C2c3ccc(Oc4ccc(C(F)(F)F)cc4OC(F)F)cc3O[C@H]21. The van der Waals surface area contributed by atoms with Crippen LogP contribution in [-0.4, -0.2) is 25.3 Å². The fourth-order valence-corrected chi connectivity index (χ4v) is 3.51. The molecule has 0 saturated heterocycles. The predicted octanol–water partition coefficient (Wildman–Crippen LogP) is 5.14. The Morgan fingerprint density at radius 1 is 1.13 bits per heavy atom. The molecule has 0 N–H and O–H groups in total. The van der Waals surface area contributed by atoms with Gasteiger partial charge in [0.25, 0.3) is 0 Å². The quantitative estimate of drug-likeness (QED) is 0.470. The molecule has 2 aromatic carbocycles. The molecule has 1 fully saturated rings. The van der Waals surface area contributed by atoms with E-state index in [2.05, 4.69) is 4.74 Å². The smallest absolute Gasteiger partial charge is 0.416 e. The second-order valence-electron chi connectivity index (χ2n) is 6.73. The van der Waals surface area contributed by atoms with Crippen LogP contribution in [0.4, 0.5) is 22.0 Å². The van der Waals surface area contributed by atoms with Crippen molar-refractivity contribution >= 4 is 5.97 Å². The number of carbonyl (C=O) groups excluding carboxylic acids is 1. The van der Waals surface area contributed by atoms with E-state index < -0.39 is 24.1 Å². The van der Waals surface area contributed by atoms with E-state index in [4.69, 9.17) is 14.2 Å². The van der Waals surface area contributed by atoms with Gasteiger partial charge in [-0.25, -0.2) is 0 Å². The molecule has 0 radical (unpaired) electrons. The lowest BCUT2D eigenvalue weighted by atomic mass is 10.1. The summed E-state index contributed by atoms with van der Waals surface area (Å²) in [5, 5.41) is 0. The first kappa shape index (κ1) is 20.2. The van der Waals surface area contributed by atoms with Gasteiger partial charge in [0.15, 0.2) is 11.5 Å². The lowest BCUT2D eigenvalue weighted by Gasteiger charge is -2.15. The van der Waals surface area contributed by atoms with Crippen molar-refractivity contribution in [1.29, 1.82) is 0 Å². The standard InChI is InChI=1S/C20H15F5O5/c1-2-27-18(26)16-15-11-5-4-10(8-13(11)29-17(15)16)28-12-6-3-9(20(23,24)25)7-14(12)30-19(21)22/h3-8,15-17,19H,2H2,1H3/t15?,16-,17-/m1/s1. The van der Waals surface area contributed by atoms with Gasteiger partial charge in [0.1, 0.15) is 23.5 Å². The summed E-state index contributed by atoms with van der Waals surface area (Å²) in [7, 11) is 0. The highest BCUT2D eigenvalue weighted by atomic mass is 19.4. The predicted molar refractivity (Wildman–Crippen MR) is 91.9 cm³/mol. The summed E-state index contributed by atoms with van der Waals surface area (Å²) < 4.78 is 84.2. The Balaban J connectivity index is 1.54. The Kier molecular flexibility index (Phi) is 4.95. The Labute approximate surface area is 167 Å². The third kappa shape index (κ3) is 3.73. The molecule has 2 aromatic rings. The molecule has 4 rings (SSSR count). The van der Waals surface area contributed by atoms with Crippen LogP contribution in [0.2, 0.25) is 0 Å². The maximum absolute atomic E-state index is 12.9. The highest BCUT2D eigenvalue weighted by Crippen LogP contribution is 2.59. The highest BCUT2D eigenvalue weighted by Gasteiger charge is 2.63. The van der Waals surface area contributed by atoms with E-state index in [0.717, 1.165) is 11.6 Å². The summed E-state index contributed by atoms with van der Waals surface area (Å²) in [4.78, 5) is 11.9. The number of hydrogen-bond donors (Lipinski definition) is 0. The number of carbonyl (C=O) groups is 1. The third-order valence-corrected chi connectivity index (χ3v) is 4.83. The molecule has 2 aliphatic rings. The van der Waals surface area contributed by atoms with Crippen molar-refractivity contribution in [2.75, 3.05) is 6.61 Å². The van der Waals surface area contributed by atoms with Crippen LogP contribution in [-0.2, 0) is 15.7 Å². The topological polar surface area (TPSA) is 54.0 Å². The Morgan fingerprint density at radius 2 is 1.90 bits per heavy atom. The molecule has 1 saturated carbocycles. The minimum absolute atomic E-state index is 0.128. The molecule has 0 amide bonds. The van der Waals surface area contributed by atoms with Gasteiger partial charge in [0.2, 0.25) is 0 Å². The lowest BCUT2D eigenvalue weighted by molar-refractivity contribution is -0.145.